The molecule has 0 aliphatic rings. The van der Waals surface area contributed by atoms with E-state index < -0.39 is 11.9 Å². The highest BCUT2D eigenvalue weighted by atomic mass is 35.5. The van der Waals surface area contributed by atoms with E-state index in [-0.39, 0.29) is 29.7 Å². The number of rotatable bonds is 12. The molecule has 1 aromatic heterocycles. The number of aliphatic hydroxyl groups excluding tert-OH is 1. The number of nitrogens with one attached hydrogen (secondary N) is 1. The number of ketones is 1. The summed E-state index contributed by atoms with van der Waals surface area (Å²) in [6, 6.07) is 9.15. The van der Waals surface area contributed by atoms with Gasteiger partial charge in [-0.15, -0.1) is 0 Å². The number of nitrogens with zero attached hydrogens (tertiary/aromatic N) is 2. The number of Topliss-reactive ketones (excluding diaryl/α,β-unsaturated/α-hetero) is 1. The topological polar surface area (TPSA) is 93.5 Å². The minimum Gasteiger partial charge on any atom is -0.492 e. The van der Waals surface area contributed by atoms with E-state index in [2.05, 4.69) is 10.3 Å². The van der Waals surface area contributed by atoms with Crippen LogP contribution in [0.15, 0.2) is 42.6 Å². The molecule has 1 atom stereocenters. The predicted molar refractivity (Wildman–Crippen MR) is 137 cm³/mol. The quantitative estimate of drug-likeness (QED) is 0.328. The van der Waals surface area contributed by atoms with Crippen LogP contribution in [0.5, 0.6) is 5.75 Å². The molecule has 0 aliphatic carbocycles. The monoisotopic (exact) mass is 515 g/mol. The third-order valence-electron chi connectivity index (χ3n) is 5.69. The van der Waals surface area contributed by atoms with Crippen LogP contribution in [0, 0.1) is 5.82 Å². The Morgan fingerprint density at radius 2 is 2.00 bits per heavy atom. The Morgan fingerprint density at radius 1 is 1.22 bits per heavy atom. The SMILES string of the molecule is CCCOc1ccc(C(=O)N[C@H](CCO)Cc2ccc(-c3cn(CC)c(C(C)=O)n3)c(F)c2)cc1Cl. The molecule has 0 radical (unpaired) electrons. The van der Waals surface area contributed by atoms with Crippen molar-refractivity contribution in [1.82, 2.24) is 14.9 Å². The molecule has 0 saturated carbocycles. The number of carbonyl (C=O) groups is 2. The predicted octanol–water partition coefficient (Wildman–Crippen LogP) is 5.08. The van der Waals surface area contributed by atoms with E-state index in [0.717, 1.165) is 6.42 Å². The van der Waals surface area contributed by atoms with Crippen LogP contribution in [0.1, 0.15) is 60.2 Å². The molecule has 0 bridgehead atoms. The minimum absolute atomic E-state index is 0.141. The van der Waals surface area contributed by atoms with Gasteiger partial charge in [0.2, 0.25) is 0 Å². The summed E-state index contributed by atoms with van der Waals surface area (Å²) in [5.41, 5.74) is 1.69. The van der Waals surface area contributed by atoms with Gasteiger partial charge in [-0.1, -0.05) is 24.6 Å². The van der Waals surface area contributed by atoms with Crippen LogP contribution in [0.25, 0.3) is 11.3 Å². The van der Waals surface area contributed by atoms with Gasteiger partial charge in [-0.2, -0.15) is 0 Å². The van der Waals surface area contributed by atoms with E-state index in [0.29, 0.717) is 53.6 Å². The average molecular weight is 516 g/mol. The molecule has 0 aliphatic heterocycles. The molecule has 36 heavy (non-hydrogen) atoms. The Morgan fingerprint density at radius 3 is 2.58 bits per heavy atom. The van der Waals surface area contributed by atoms with E-state index in [1.807, 2.05) is 13.8 Å². The van der Waals surface area contributed by atoms with Gasteiger partial charge < -0.3 is 19.7 Å². The van der Waals surface area contributed by atoms with Crippen LogP contribution < -0.4 is 10.1 Å². The summed E-state index contributed by atoms with van der Waals surface area (Å²) in [5.74, 6) is -0.223. The number of hydrogen-bond acceptors (Lipinski definition) is 5. The maximum absolute atomic E-state index is 15.0. The molecular formula is C27H31ClFN3O4. The molecule has 0 unspecified atom stereocenters. The molecule has 1 heterocycles. The molecule has 3 rings (SSSR count). The van der Waals surface area contributed by atoms with Crippen molar-refractivity contribution < 1.29 is 23.8 Å². The van der Waals surface area contributed by atoms with Gasteiger partial charge in [0.05, 0.1) is 17.3 Å². The van der Waals surface area contributed by atoms with E-state index in [9.17, 15) is 14.7 Å². The number of amides is 1. The van der Waals surface area contributed by atoms with Crippen LogP contribution in [0.2, 0.25) is 5.02 Å². The second-order valence-corrected chi connectivity index (χ2v) is 8.89. The maximum atomic E-state index is 15.0. The van der Waals surface area contributed by atoms with Crippen molar-refractivity contribution in [2.24, 2.45) is 0 Å². The third kappa shape index (κ3) is 6.71. The number of aryl methyl sites for hydroxylation is 1. The molecule has 7 nitrogen and oxygen atoms in total. The van der Waals surface area contributed by atoms with Crippen molar-refractivity contribution in [1.29, 1.82) is 0 Å². The lowest BCUT2D eigenvalue weighted by Crippen LogP contribution is -2.37. The zero-order chi connectivity index (χ0) is 26.2. The van der Waals surface area contributed by atoms with Crippen LogP contribution in [0.4, 0.5) is 4.39 Å². The maximum Gasteiger partial charge on any atom is 0.251 e. The summed E-state index contributed by atoms with van der Waals surface area (Å²) in [6.45, 7) is 6.23. The first-order valence-corrected chi connectivity index (χ1v) is 12.4. The van der Waals surface area contributed by atoms with Gasteiger partial charge in [-0.25, -0.2) is 9.37 Å². The van der Waals surface area contributed by atoms with Crippen LogP contribution >= 0.6 is 11.6 Å². The fraction of sp³-hybridized carbons (Fsp3) is 0.370. The summed E-state index contributed by atoms with van der Waals surface area (Å²) in [6.07, 6.45) is 3.11. The molecule has 2 N–H and O–H groups in total. The van der Waals surface area contributed by atoms with E-state index in [1.165, 1.54) is 19.1 Å². The number of ether oxygens (including phenoxy) is 1. The van der Waals surface area contributed by atoms with Crippen molar-refractivity contribution >= 4 is 23.3 Å². The standard InChI is InChI=1S/C27H31ClFN3O4/c1-4-12-36-25-9-7-19(15-22(25)28)27(35)30-20(10-11-33)13-18-6-8-21(23(29)14-18)24-16-32(5-2)26(31-24)17(3)34/h6-9,14-16,20,33H,4-5,10-13H2,1-3H3,(H,30,35)/t20-/m1/s1. The van der Waals surface area contributed by atoms with Crippen LogP contribution in [-0.2, 0) is 13.0 Å². The summed E-state index contributed by atoms with van der Waals surface area (Å²) in [5, 5.41) is 12.7. The zero-order valence-electron chi connectivity index (χ0n) is 20.7. The minimum atomic E-state index is -0.480. The summed E-state index contributed by atoms with van der Waals surface area (Å²) in [4.78, 5) is 28.9. The third-order valence-corrected chi connectivity index (χ3v) is 5.99. The normalized spacial score (nSPS) is 11.8. The fourth-order valence-electron chi connectivity index (χ4n) is 3.87. The van der Waals surface area contributed by atoms with Crippen molar-refractivity contribution in [2.75, 3.05) is 13.2 Å². The van der Waals surface area contributed by atoms with Crippen LogP contribution in [0.3, 0.4) is 0 Å². The number of aromatic nitrogens is 2. The van der Waals surface area contributed by atoms with Crippen molar-refractivity contribution in [3.8, 4) is 17.0 Å². The highest BCUT2D eigenvalue weighted by Gasteiger charge is 2.18. The second-order valence-electron chi connectivity index (χ2n) is 8.49. The van der Waals surface area contributed by atoms with Gasteiger partial charge in [-0.05, 0) is 62.1 Å². The average Bonchev–Trinajstić information content (AvgIpc) is 3.28. The lowest BCUT2D eigenvalue weighted by Gasteiger charge is -2.19. The number of halogens is 2. The molecule has 2 aromatic carbocycles. The zero-order valence-corrected chi connectivity index (χ0v) is 21.4. The van der Waals surface area contributed by atoms with Crippen molar-refractivity contribution in [2.45, 2.75) is 52.6 Å². The number of aliphatic hydroxyl groups is 1. The second kappa shape index (κ2) is 12.6. The van der Waals surface area contributed by atoms with Crippen molar-refractivity contribution in [3.63, 3.8) is 0 Å². The first-order chi connectivity index (χ1) is 17.3. The summed E-state index contributed by atoms with van der Waals surface area (Å²) < 4.78 is 22.2. The summed E-state index contributed by atoms with van der Waals surface area (Å²) in [7, 11) is 0. The number of hydrogen-bond donors (Lipinski definition) is 2. The van der Waals surface area contributed by atoms with E-state index >= 15 is 4.39 Å². The Labute approximate surface area is 215 Å². The van der Waals surface area contributed by atoms with Gasteiger partial charge in [0.25, 0.3) is 5.91 Å². The lowest BCUT2D eigenvalue weighted by atomic mass is 10.0. The van der Waals surface area contributed by atoms with E-state index in [4.69, 9.17) is 16.3 Å². The Bertz CT molecular complexity index is 1230. The van der Waals surface area contributed by atoms with Gasteiger partial charge in [0.1, 0.15) is 11.6 Å². The molecular weight excluding hydrogens is 485 g/mol. The fourth-order valence-corrected chi connectivity index (χ4v) is 4.10. The Kier molecular flexibility index (Phi) is 9.61. The molecule has 9 heteroatoms. The number of imidazole rings is 1. The number of benzene rings is 2. The highest BCUT2D eigenvalue weighted by molar-refractivity contribution is 6.32. The first-order valence-electron chi connectivity index (χ1n) is 12.0. The van der Waals surface area contributed by atoms with Gasteiger partial charge >= 0.3 is 0 Å². The molecule has 192 valence electrons. The molecule has 3 aromatic rings. The molecule has 0 saturated heterocycles. The van der Waals surface area contributed by atoms with Gasteiger partial charge in [0, 0.05) is 43.4 Å². The summed E-state index contributed by atoms with van der Waals surface area (Å²) >= 11 is 6.25. The van der Waals surface area contributed by atoms with Gasteiger partial charge in [-0.3, -0.25) is 9.59 Å². The van der Waals surface area contributed by atoms with E-state index in [1.54, 1.807) is 35.0 Å². The van der Waals surface area contributed by atoms with Crippen LogP contribution in [-0.4, -0.2) is 45.6 Å². The first kappa shape index (κ1) is 27.4. The molecule has 0 spiro atoms. The molecule has 0 fully saturated rings. The number of carbonyl (C=O) groups excluding carboxylic acids is 2. The van der Waals surface area contributed by atoms with Gasteiger partial charge in [0.15, 0.2) is 11.6 Å². The largest absolute Gasteiger partial charge is 0.492 e. The van der Waals surface area contributed by atoms with Crippen molar-refractivity contribution in [3.05, 3.63) is 70.4 Å². The highest BCUT2D eigenvalue weighted by Crippen LogP contribution is 2.26. The molecule has 1 amide bonds. The smallest absolute Gasteiger partial charge is 0.251 e. The Balaban J connectivity index is 1.74. The lowest BCUT2D eigenvalue weighted by molar-refractivity contribution is 0.0929. The Hall–Kier alpha value is -3.23.